The standard InChI is InChI=1S/C22H34N4O2/c1-17(2)21(27)25-13-5-11-23-15-19-7-9-20(10-8-19)16-24-12-6-14-26-22(28)18(3)4/h7-10,23-24H,1,3,5-6,11-16H2,2,4H3,(H,25,27)(H,26,28). The summed E-state index contributed by atoms with van der Waals surface area (Å²) in [7, 11) is 0. The summed E-state index contributed by atoms with van der Waals surface area (Å²) in [5, 5.41) is 12.4. The van der Waals surface area contributed by atoms with Crippen LogP contribution in [0, 0.1) is 0 Å². The van der Waals surface area contributed by atoms with Gasteiger partial charge >= 0.3 is 0 Å². The summed E-state index contributed by atoms with van der Waals surface area (Å²) in [4.78, 5) is 22.7. The minimum absolute atomic E-state index is 0.0826. The molecule has 0 heterocycles. The molecule has 0 atom stereocenters. The minimum Gasteiger partial charge on any atom is -0.352 e. The van der Waals surface area contributed by atoms with E-state index in [-0.39, 0.29) is 11.8 Å². The summed E-state index contributed by atoms with van der Waals surface area (Å²) in [6.07, 6.45) is 1.77. The number of benzene rings is 1. The van der Waals surface area contributed by atoms with Crippen molar-refractivity contribution in [1.82, 2.24) is 21.3 Å². The molecule has 0 radical (unpaired) electrons. The van der Waals surface area contributed by atoms with E-state index in [0.717, 1.165) is 39.0 Å². The van der Waals surface area contributed by atoms with E-state index >= 15 is 0 Å². The SMILES string of the molecule is C=C(C)C(=O)NCCCNCc1ccc(CNCCCNC(=O)C(=C)C)cc1. The number of carbonyl (C=O) groups excluding carboxylic acids is 2. The number of hydrogen-bond donors (Lipinski definition) is 4. The summed E-state index contributed by atoms with van der Waals surface area (Å²) in [5.41, 5.74) is 3.55. The van der Waals surface area contributed by atoms with Crippen LogP contribution < -0.4 is 21.3 Å². The van der Waals surface area contributed by atoms with Crippen LogP contribution in [0.15, 0.2) is 48.6 Å². The molecule has 2 amide bonds. The Morgan fingerprint density at radius 1 is 0.714 bits per heavy atom. The monoisotopic (exact) mass is 386 g/mol. The van der Waals surface area contributed by atoms with Crippen LogP contribution in [0.3, 0.4) is 0 Å². The Morgan fingerprint density at radius 2 is 1.07 bits per heavy atom. The number of carbonyl (C=O) groups is 2. The summed E-state index contributed by atoms with van der Waals surface area (Å²) in [5.74, 6) is -0.165. The molecule has 0 saturated heterocycles. The number of nitrogens with one attached hydrogen (secondary N) is 4. The van der Waals surface area contributed by atoms with Gasteiger partial charge in [0.25, 0.3) is 0 Å². The molecule has 0 bridgehead atoms. The highest BCUT2D eigenvalue weighted by Crippen LogP contribution is 2.04. The molecular weight excluding hydrogens is 352 g/mol. The van der Waals surface area contributed by atoms with Gasteiger partial charge in [-0.2, -0.15) is 0 Å². The largest absolute Gasteiger partial charge is 0.352 e. The van der Waals surface area contributed by atoms with Gasteiger partial charge in [0.05, 0.1) is 0 Å². The lowest BCUT2D eigenvalue weighted by Crippen LogP contribution is -2.27. The maximum atomic E-state index is 11.4. The van der Waals surface area contributed by atoms with Crippen molar-refractivity contribution >= 4 is 11.8 Å². The van der Waals surface area contributed by atoms with Crippen LogP contribution in [0.1, 0.15) is 37.8 Å². The fourth-order valence-corrected chi connectivity index (χ4v) is 2.37. The van der Waals surface area contributed by atoms with Gasteiger partial charge in [-0.15, -0.1) is 0 Å². The number of amides is 2. The van der Waals surface area contributed by atoms with Gasteiger partial charge in [0.2, 0.25) is 11.8 Å². The first kappa shape index (κ1) is 23.6. The molecule has 0 fully saturated rings. The first-order valence-corrected chi connectivity index (χ1v) is 9.77. The predicted octanol–water partition coefficient (Wildman–Crippen LogP) is 2.03. The van der Waals surface area contributed by atoms with Crippen molar-refractivity contribution in [2.45, 2.75) is 39.8 Å². The molecule has 0 aromatic heterocycles. The molecule has 154 valence electrons. The Morgan fingerprint density at radius 3 is 1.39 bits per heavy atom. The van der Waals surface area contributed by atoms with Crippen molar-refractivity contribution in [3.63, 3.8) is 0 Å². The fourth-order valence-electron chi connectivity index (χ4n) is 2.37. The molecule has 0 saturated carbocycles. The lowest BCUT2D eigenvalue weighted by molar-refractivity contribution is -0.118. The van der Waals surface area contributed by atoms with E-state index < -0.39 is 0 Å². The molecule has 1 rings (SSSR count). The molecule has 1 aromatic rings. The number of hydrogen-bond acceptors (Lipinski definition) is 4. The molecule has 0 aliphatic rings. The highest BCUT2D eigenvalue weighted by Gasteiger charge is 2.01. The lowest BCUT2D eigenvalue weighted by Gasteiger charge is -2.09. The smallest absolute Gasteiger partial charge is 0.246 e. The lowest BCUT2D eigenvalue weighted by atomic mass is 10.1. The van der Waals surface area contributed by atoms with Gasteiger partial charge in [-0.3, -0.25) is 9.59 Å². The van der Waals surface area contributed by atoms with E-state index in [1.165, 1.54) is 11.1 Å². The Bertz CT molecular complexity index is 596. The van der Waals surface area contributed by atoms with Crippen molar-refractivity contribution in [3.8, 4) is 0 Å². The quantitative estimate of drug-likeness (QED) is 0.291. The topological polar surface area (TPSA) is 82.3 Å². The van der Waals surface area contributed by atoms with Gasteiger partial charge in [-0.05, 0) is 50.9 Å². The first-order valence-electron chi connectivity index (χ1n) is 9.77. The van der Waals surface area contributed by atoms with Gasteiger partial charge in [0, 0.05) is 37.3 Å². The minimum atomic E-state index is -0.0826. The highest BCUT2D eigenvalue weighted by molar-refractivity contribution is 5.92. The third-order valence-corrected chi connectivity index (χ3v) is 4.09. The maximum absolute atomic E-state index is 11.4. The van der Waals surface area contributed by atoms with Crippen molar-refractivity contribution in [2.75, 3.05) is 26.2 Å². The Kier molecular flexibility index (Phi) is 11.5. The van der Waals surface area contributed by atoms with E-state index in [4.69, 9.17) is 0 Å². The molecule has 0 aliphatic heterocycles. The van der Waals surface area contributed by atoms with Gasteiger partial charge < -0.3 is 21.3 Å². The summed E-state index contributed by atoms with van der Waals surface area (Å²) in [6, 6.07) is 8.50. The second-order valence-corrected chi connectivity index (χ2v) is 6.95. The summed E-state index contributed by atoms with van der Waals surface area (Å²) < 4.78 is 0. The zero-order valence-electron chi connectivity index (χ0n) is 17.2. The van der Waals surface area contributed by atoms with Crippen LogP contribution in [0.4, 0.5) is 0 Å². The second-order valence-electron chi connectivity index (χ2n) is 6.95. The molecule has 0 unspecified atom stereocenters. The van der Waals surface area contributed by atoms with Crippen LogP contribution in [-0.4, -0.2) is 38.0 Å². The molecule has 0 spiro atoms. The first-order chi connectivity index (χ1) is 13.4. The molecule has 6 heteroatoms. The molecule has 4 N–H and O–H groups in total. The summed E-state index contributed by atoms with van der Waals surface area (Å²) in [6.45, 7) is 15.3. The van der Waals surface area contributed by atoms with E-state index in [9.17, 15) is 9.59 Å². The molecule has 28 heavy (non-hydrogen) atoms. The van der Waals surface area contributed by atoms with E-state index in [2.05, 4.69) is 58.7 Å². The Hall–Kier alpha value is -2.44. The van der Waals surface area contributed by atoms with E-state index in [1.807, 2.05) is 0 Å². The van der Waals surface area contributed by atoms with E-state index in [0.29, 0.717) is 24.2 Å². The van der Waals surface area contributed by atoms with Crippen LogP contribution in [-0.2, 0) is 22.7 Å². The molecule has 0 aliphatic carbocycles. The maximum Gasteiger partial charge on any atom is 0.246 e. The van der Waals surface area contributed by atoms with Gasteiger partial charge in [0.15, 0.2) is 0 Å². The highest BCUT2D eigenvalue weighted by atomic mass is 16.2. The fraction of sp³-hybridized carbons (Fsp3) is 0.455. The van der Waals surface area contributed by atoms with Crippen LogP contribution in [0.25, 0.3) is 0 Å². The van der Waals surface area contributed by atoms with Crippen LogP contribution in [0.2, 0.25) is 0 Å². The third kappa shape index (κ3) is 10.6. The predicted molar refractivity (Wildman–Crippen MR) is 115 cm³/mol. The van der Waals surface area contributed by atoms with Gasteiger partial charge in [-0.25, -0.2) is 0 Å². The van der Waals surface area contributed by atoms with Gasteiger partial charge in [-0.1, -0.05) is 37.4 Å². The molecule has 1 aromatic carbocycles. The van der Waals surface area contributed by atoms with Crippen LogP contribution in [0.5, 0.6) is 0 Å². The van der Waals surface area contributed by atoms with Crippen LogP contribution >= 0.6 is 0 Å². The van der Waals surface area contributed by atoms with Gasteiger partial charge in [0.1, 0.15) is 0 Å². The second kappa shape index (κ2) is 13.7. The van der Waals surface area contributed by atoms with Crippen molar-refractivity contribution in [3.05, 3.63) is 59.7 Å². The zero-order valence-corrected chi connectivity index (χ0v) is 17.2. The zero-order chi connectivity index (χ0) is 20.8. The van der Waals surface area contributed by atoms with Crippen molar-refractivity contribution < 1.29 is 9.59 Å². The average Bonchev–Trinajstić information content (AvgIpc) is 2.67. The van der Waals surface area contributed by atoms with E-state index in [1.54, 1.807) is 13.8 Å². The molecular formula is C22H34N4O2. The van der Waals surface area contributed by atoms with Crippen molar-refractivity contribution in [1.29, 1.82) is 0 Å². The summed E-state index contributed by atoms with van der Waals surface area (Å²) >= 11 is 0. The average molecular weight is 387 g/mol. The van der Waals surface area contributed by atoms with Crippen molar-refractivity contribution in [2.24, 2.45) is 0 Å². The Labute approximate surface area is 168 Å². The number of rotatable bonds is 14. The third-order valence-electron chi connectivity index (χ3n) is 4.09. The normalized spacial score (nSPS) is 10.4. The molecule has 6 nitrogen and oxygen atoms in total. The Balaban J connectivity index is 2.09.